The number of aryl methyl sites for hydroxylation is 1. The van der Waals surface area contributed by atoms with Gasteiger partial charge < -0.3 is 18.9 Å². The number of nitro benzene ring substituents is 1. The van der Waals surface area contributed by atoms with E-state index in [1.54, 1.807) is 34.9 Å². The van der Waals surface area contributed by atoms with Crippen LogP contribution in [-0.2, 0) is 21.7 Å². The summed E-state index contributed by atoms with van der Waals surface area (Å²) in [6.07, 6.45) is 7.43. The van der Waals surface area contributed by atoms with Crippen molar-refractivity contribution < 1.29 is 23.7 Å². The van der Waals surface area contributed by atoms with Crippen LogP contribution in [0.5, 0.6) is 0 Å². The predicted molar refractivity (Wildman–Crippen MR) is 186 cm³/mol. The number of anilines is 1. The molecule has 2 aromatic carbocycles. The number of halogens is 1. The van der Waals surface area contributed by atoms with E-state index in [4.69, 9.17) is 4.74 Å². The Balaban J connectivity index is 1.44. The smallest absolute Gasteiger partial charge is 0.269 e. The number of fused-ring (bicyclic) bond motifs is 2. The molecule has 1 aromatic heterocycles. The third-order valence-corrected chi connectivity index (χ3v) is 12.3. The largest absolute Gasteiger partial charge is 0.395 e. The molecule has 1 spiro atoms. The second-order valence-electron chi connectivity index (χ2n) is 13.9. The Hall–Kier alpha value is -4.00. The highest BCUT2D eigenvalue weighted by molar-refractivity contribution is 6.72. The number of hydrogen-bond acceptors (Lipinski definition) is 7. The average Bonchev–Trinajstić information content (AvgIpc) is 3.69. The Morgan fingerprint density at radius 1 is 1.19 bits per heavy atom. The van der Waals surface area contributed by atoms with Crippen LogP contribution in [0.3, 0.4) is 0 Å². The van der Waals surface area contributed by atoms with Gasteiger partial charge in [-0.25, -0.2) is 0 Å². The number of carbonyl (C=O) groups excluding carboxylic acids is 1. The summed E-state index contributed by atoms with van der Waals surface area (Å²) in [5, 5.41) is 30.6. The summed E-state index contributed by atoms with van der Waals surface area (Å²) >= 11 is 0. The Morgan fingerprint density at radius 2 is 1.92 bits per heavy atom. The van der Waals surface area contributed by atoms with E-state index in [1.807, 2.05) is 50.3 Å². The van der Waals surface area contributed by atoms with Gasteiger partial charge in [-0.05, 0) is 64.8 Å². The number of aliphatic hydroxyl groups excluding tert-OH is 1. The molecule has 1 saturated heterocycles. The van der Waals surface area contributed by atoms with E-state index < -0.39 is 36.5 Å². The Bertz CT molecular complexity index is 1700. The van der Waals surface area contributed by atoms with Crippen LogP contribution in [0.15, 0.2) is 78.0 Å². The van der Waals surface area contributed by atoms with Crippen molar-refractivity contribution in [3.63, 3.8) is 0 Å². The summed E-state index contributed by atoms with van der Waals surface area (Å²) in [7, 11) is -3.44. The molecule has 2 aliphatic rings. The lowest BCUT2D eigenvalue weighted by atomic mass is 9.82. The number of rotatable bonds is 13. The summed E-state index contributed by atoms with van der Waals surface area (Å²) < 4.78 is 24.7. The SMILES string of the molecule is CC(C)=CCC/C(C)=C/CN1C(=O)[C@]2(O[C@H](CCn3cc(C(CO)c4ccccc4)nn3)[C@@H]([Si](C)(C)F)[C@@H]2C)c2cc([N+](=O)[O-])ccc21. The molecule has 12 heteroatoms. The van der Waals surface area contributed by atoms with Crippen LogP contribution in [0.2, 0.25) is 18.6 Å². The Labute approximate surface area is 282 Å². The number of allylic oxidation sites excluding steroid dienone is 3. The van der Waals surface area contributed by atoms with Crippen molar-refractivity contribution in [2.75, 3.05) is 18.1 Å². The number of amides is 1. The molecule has 1 fully saturated rings. The molecule has 0 aliphatic carbocycles. The highest BCUT2D eigenvalue weighted by Gasteiger charge is 2.66. The molecule has 5 atom stereocenters. The number of aliphatic hydroxyl groups is 1. The van der Waals surface area contributed by atoms with Crippen molar-refractivity contribution in [3.8, 4) is 0 Å². The first-order chi connectivity index (χ1) is 22.8. The molecule has 5 rings (SSSR count). The first kappa shape index (κ1) is 35.3. The van der Waals surface area contributed by atoms with Crippen LogP contribution in [0.4, 0.5) is 15.5 Å². The van der Waals surface area contributed by atoms with Crippen LogP contribution in [0.25, 0.3) is 0 Å². The van der Waals surface area contributed by atoms with Gasteiger partial charge in [-0.1, -0.05) is 65.8 Å². The number of ether oxygens (including phenoxy) is 1. The number of carbonyl (C=O) groups is 1. The molecular weight excluding hydrogens is 630 g/mol. The van der Waals surface area contributed by atoms with Crippen molar-refractivity contribution in [2.24, 2.45) is 5.92 Å². The normalized spacial score (nSPS) is 23.1. The third-order valence-electron chi connectivity index (χ3n) is 9.81. The molecule has 3 heterocycles. The monoisotopic (exact) mass is 675 g/mol. The number of benzene rings is 2. The van der Waals surface area contributed by atoms with E-state index in [0.717, 1.165) is 24.0 Å². The first-order valence-corrected chi connectivity index (χ1v) is 19.6. The van der Waals surface area contributed by atoms with Crippen LogP contribution < -0.4 is 4.90 Å². The molecule has 10 nitrogen and oxygen atoms in total. The lowest BCUT2D eigenvalue weighted by Gasteiger charge is -2.31. The third kappa shape index (κ3) is 6.92. The molecule has 3 aromatic rings. The molecule has 1 unspecified atom stereocenters. The summed E-state index contributed by atoms with van der Waals surface area (Å²) in [4.78, 5) is 27.6. The minimum Gasteiger partial charge on any atom is -0.395 e. The lowest BCUT2D eigenvalue weighted by Crippen LogP contribution is -2.45. The highest BCUT2D eigenvalue weighted by atomic mass is 28.4. The van der Waals surface area contributed by atoms with Crippen LogP contribution in [0.1, 0.15) is 69.7 Å². The van der Waals surface area contributed by atoms with Gasteiger partial charge in [-0.3, -0.25) is 19.6 Å². The van der Waals surface area contributed by atoms with E-state index in [9.17, 15) is 20.0 Å². The zero-order chi connectivity index (χ0) is 34.8. The average molecular weight is 676 g/mol. The van der Waals surface area contributed by atoms with Crippen LogP contribution in [0, 0.1) is 16.0 Å². The maximum atomic E-state index is 16.3. The van der Waals surface area contributed by atoms with Gasteiger partial charge in [0.1, 0.15) is 0 Å². The fourth-order valence-corrected chi connectivity index (χ4v) is 9.98. The fraction of sp³-hybridized carbons (Fsp3) is 0.472. The molecule has 1 N–H and O–H groups in total. The summed E-state index contributed by atoms with van der Waals surface area (Å²) in [5.41, 5.74) is 2.62. The van der Waals surface area contributed by atoms with Crippen molar-refractivity contribution in [1.82, 2.24) is 15.0 Å². The van der Waals surface area contributed by atoms with Gasteiger partial charge in [0.25, 0.3) is 11.6 Å². The maximum Gasteiger partial charge on any atom is 0.269 e. The minimum atomic E-state index is -3.44. The summed E-state index contributed by atoms with van der Waals surface area (Å²) in [5.74, 6) is -1.23. The van der Waals surface area contributed by atoms with Crippen molar-refractivity contribution in [1.29, 1.82) is 0 Å². The minimum absolute atomic E-state index is 0.132. The highest BCUT2D eigenvalue weighted by Crippen LogP contribution is 2.60. The molecule has 2 aliphatic heterocycles. The summed E-state index contributed by atoms with van der Waals surface area (Å²) in [6.45, 7) is 11.8. The van der Waals surface area contributed by atoms with E-state index >= 15 is 4.11 Å². The quantitative estimate of drug-likeness (QED) is 0.0667. The van der Waals surface area contributed by atoms with Crippen molar-refractivity contribution in [2.45, 2.75) is 89.8 Å². The van der Waals surface area contributed by atoms with E-state index in [0.29, 0.717) is 29.9 Å². The van der Waals surface area contributed by atoms with Crippen LogP contribution >= 0.6 is 0 Å². The van der Waals surface area contributed by atoms with E-state index in [1.165, 1.54) is 17.7 Å². The van der Waals surface area contributed by atoms with Crippen molar-refractivity contribution >= 4 is 25.7 Å². The van der Waals surface area contributed by atoms with E-state index in [-0.39, 0.29) is 30.7 Å². The van der Waals surface area contributed by atoms with Gasteiger partial charge in [-0.15, -0.1) is 5.10 Å². The number of non-ortho nitro benzene ring substituents is 1. The van der Waals surface area contributed by atoms with Gasteiger partial charge in [-0.2, -0.15) is 0 Å². The van der Waals surface area contributed by atoms with Gasteiger partial charge >= 0.3 is 0 Å². The van der Waals surface area contributed by atoms with Crippen molar-refractivity contribution in [3.05, 3.63) is 105 Å². The van der Waals surface area contributed by atoms with Gasteiger partial charge in [0, 0.05) is 48.4 Å². The van der Waals surface area contributed by atoms with E-state index in [2.05, 4.69) is 30.2 Å². The van der Waals surface area contributed by atoms with Gasteiger partial charge in [0.15, 0.2) is 5.60 Å². The molecule has 48 heavy (non-hydrogen) atoms. The number of nitrogens with zero attached hydrogens (tertiary/aromatic N) is 5. The second kappa shape index (κ2) is 14.2. The molecular formula is C36H46FN5O5Si. The zero-order valence-electron chi connectivity index (χ0n) is 28.6. The molecule has 0 radical (unpaired) electrons. The van der Waals surface area contributed by atoms with Gasteiger partial charge in [0.2, 0.25) is 8.41 Å². The number of hydrogen-bond donors (Lipinski definition) is 1. The maximum absolute atomic E-state index is 16.3. The summed E-state index contributed by atoms with van der Waals surface area (Å²) in [6, 6.07) is 14.0. The zero-order valence-corrected chi connectivity index (χ0v) is 29.6. The lowest BCUT2D eigenvalue weighted by molar-refractivity contribution is -0.385. The Kier molecular flexibility index (Phi) is 10.5. The number of nitro groups is 1. The first-order valence-electron chi connectivity index (χ1n) is 16.6. The fourth-order valence-electron chi connectivity index (χ4n) is 7.43. The molecule has 0 saturated carbocycles. The van der Waals surface area contributed by atoms with Crippen LogP contribution in [-0.4, -0.2) is 58.6 Å². The Morgan fingerprint density at radius 3 is 2.56 bits per heavy atom. The predicted octanol–water partition coefficient (Wildman–Crippen LogP) is 7.22. The molecule has 0 bridgehead atoms. The standard InChI is InChI=1S/C36H46FN5O5Si/c1-24(2)11-10-12-25(3)17-20-41-32-16-15-28(42(45)46)21-30(32)36(35(41)44)26(4)34(48(5,6)37)33(47-36)18-19-40-22-31(38-39-40)29(23-43)27-13-8-7-9-14-27/h7-9,11,13-17,21-22,26,29,33-34,43H,10,12,18-20,23H2,1-6H3/b25-17+/t26-,29?,33+,34-,36+/m0/s1. The molecule has 1 amide bonds. The number of aromatic nitrogens is 3. The van der Waals surface area contributed by atoms with Gasteiger partial charge in [0.05, 0.1) is 34.9 Å². The topological polar surface area (TPSA) is 124 Å². The second-order valence-corrected chi connectivity index (χ2v) is 17.7. The molecule has 256 valence electrons.